The van der Waals surface area contributed by atoms with E-state index in [9.17, 15) is 4.79 Å². The average Bonchev–Trinajstić information content (AvgIpc) is 2.81. The molecule has 18 heavy (non-hydrogen) atoms. The molecule has 0 aliphatic carbocycles. The van der Waals surface area contributed by atoms with Gasteiger partial charge in [-0.25, -0.2) is 0 Å². The summed E-state index contributed by atoms with van der Waals surface area (Å²) in [6.45, 7) is 5.87. The van der Waals surface area contributed by atoms with Crippen molar-refractivity contribution in [3.63, 3.8) is 0 Å². The Bertz CT molecular complexity index is 427. The zero-order valence-electron chi connectivity index (χ0n) is 11.2. The van der Waals surface area contributed by atoms with Gasteiger partial charge in [0.2, 0.25) is 0 Å². The molecular weight excluding hydrogens is 226 g/mol. The lowest BCUT2D eigenvalue weighted by molar-refractivity contribution is 0.0979. The Labute approximate surface area is 109 Å². The van der Waals surface area contributed by atoms with E-state index < -0.39 is 0 Å². The summed E-state index contributed by atoms with van der Waals surface area (Å²) in [5.74, 6) is 1.17. The maximum absolute atomic E-state index is 12.0. The molecule has 3 nitrogen and oxygen atoms in total. The van der Waals surface area contributed by atoms with Crippen LogP contribution in [0.4, 0.5) is 0 Å². The molecular formula is C15H21NO2. The van der Waals surface area contributed by atoms with Crippen molar-refractivity contribution in [2.45, 2.75) is 39.2 Å². The Kier molecular flexibility index (Phi) is 4.37. The van der Waals surface area contributed by atoms with Crippen molar-refractivity contribution in [1.82, 2.24) is 5.32 Å². The number of ketones is 1. The van der Waals surface area contributed by atoms with E-state index in [2.05, 4.69) is 19.2 Å². The van der Waals surface area contributed by atoms with Gasteiger partial charge < -0.3 is 10.1 Å². The number of hydrogen-bond donors (Lipinski definition) is 1. The molecule has 1 heterocycles. The summed E-state index contributed by atoms with van der Waals surface area (Å²) in [5.41, 5.74) is 1.99. The third-order valence-corrected chi connectivity index (χ3v) is 3.14. The molecule has 1 aliphatic rings. The molecule has 3 heteroatoms. The Morgan fingerprint density at radius 2 is 2.28 bits per heavy atom. The quantitative estimate of drug-likeness (QED) is 0.620. The number of nitrogens with one attached hydrogen (secondary N) is 1. The topological polar surface area (TPSA) is 38.3 Å². The minimum atomic E-state index is 0.232. The Morgan fingerprint density at radius 3 is 3.06 bits per heavy atom. The first kappa shape index (κ1) is 13.1. The van der Waals surface area contributed by atoms with E-state index in [-0.39, 0.29) is 5.78 Å². The second-order valence-corrected chi connectivity index (χ2v) is 5.06. The number of carbonyl (C=O) groups excluding carboxylic acids is 1. The molecule has 0 atom stereocenters. The molecule has 1 aliphatic heterocycles. The predicted molar refractivity (Wildman–Crippen MR) is 72.3 cm³/mol. The van der Waals surface area contributed by atoms with E-state index in [0.717, 1.165) is 37.3 Å². The van der Waals surface area contributed by atoms with Crippen LogP contribution in [0.1, 0.15) is 42.6 Å². The van der Waals surface area contributed by atoms with E-state index in [4.69, 9.17) is 4.74 Å². The van der Waals surface area contributed by atoms with Crippen LogP contribution in [0.25, 0.3) is 0 Å². The van der Waals surface area contributed by atoms with Crippen LogP contribution in [0.15, 0.2) is 18.2 Å². The predicted octanol–water partition coefficient (Wildman–Crippen LogP) is 2.58. The normalized spacial score (nSPS) is 13.5. The molecule has 0 aromatic heterocycles. The first-order chi connectivity index (χ1) is 8.66. The summed E-state index contributed by atoms with van der Waals surface area (Å²) in [5, 5.41) is 3.32. The molecule has 98 valence electrons. The zero-order valence-corrected chi connectivity index (χ0v) is 11.2. The SMILES string of the molecule is CC(C)NCCCC(=O)c1ccc2c(c1)CCO2. The number of benzene rings is 1. The lowest BCUT2D eigenvalue weighted by atomic mass is 10.0. The molecule has 0 unspecified atom stereocenters. The molecule has 0 bridgehead atoms. The molecule has 1 aromatic carbocycles. The summed E-state index contributed by atoms with van der Waals surface area (Å²) < 4.78 is 5.44. The standard InChI is InChI=1S/C15H21NO2/c1-11(2)16-8-3-4-14(17)12-5-6-15-13(10-12)7-9-18-15/h5-6,10-11,16H,3-4,7-9H2,1-2H3. The number of rotatable bonds is 6. The molecule has 0 fully saturated rings. The molecule has 1 aromatic rings. The van der Waals surface area contributed by atoms with Crippen molar-refractivity contribution in [2.75, 3.05) is 13.2 Å². The summed E-state index contributed by atoms with van der Waals surface area (Å²) in [7, 11) is 0. The smallest absolute Gasteiger partial charge is 0.162 e. The van der Waals surface area contributed by atoms with E-state index >= 15 is 0 Å². The first-order valence-electron chi connectivity index (χ1n) is 6.69. The van der Waals surface area contributed by atoms with Gasteiger partial charge in [0.15, 0.2) is 5.78 Å². The van der Waals surface area contributed by atoms with Gasteiger partial charge >= 0.3 is 0 Å². The highest BCUT2D eigenvalue weighted by Gasteiger charge is 2.14. The number of fused-ring (bicyclic) bond motifs is 1. The van der Waals surface area contributed by atoms with Crippen molar-refractivity contribution in [1.29, 1.82) is 0 Å². The van der Waals surface area contributed by atoms with E-state index in [0.29, 0.717) is 12.5 Å². The number of hydrogen-bond acceptors (Lipinski definition) is 3. The minimum Gasteiger partial charge on any atom is -0.493 e. The van der Waals surface area contributed by atoms with Gasteiger partial charge in [-0.2, -0.15) is 0 Å². The summed E-state index contributed by atoms with van der Waals surface area (Å²) in [6.07, 6.45) is 2.43. The van der Waals surface area contributed by atoms with E-state index in [1.54, 1.807) is 0 Å². The second kappa shape index (κ2) is 6.01. The maximum atomic E-state index is 12.0. The fourth-order valence-electron chi connectivity index (χ4n) is 2.14. The number of Topliss-reactive ketones (excluding diaryl/α,β-unsaturated/α-hetero) is 1. The minimum absolute atomic E-state index is 0.232. The Balaban J connectivity index is 1.85. The first-order valence-corrected chi connectivity index (χ1v) is 6.69. The van der Waals surface area contributed by atoms with Crippen molar-refractivity contribution >= 4 is 5.78 Å². The van der Waals surface area contributed by atoms with Crippen LogP contribution in [-0.2, 0) is 6.42 Å². The molecule has 0 amide bonds. The average molecular weight is 247 g/mol. The van der Waals surface area contributed by atoms with Gasteiger partial charge in [-0.1, -0.05) is 13.8 Å². The lowest BCUT2D eigenvalue weighted by Gasteiger charge is -2.07. The van der Waals surface area contributed by atoms with Crippen LogP contribution in [-0.4, -0.2) is 25.0 Å². The van der Waals surface area contributed by atoms with Gasteiger partial charge in [-0.15, -0.1) is 0 Å². The fourth-order valence-corrected chi connectivity index (χ4v) is 2.14. The molecule has 0 radical (unpaired) electrons. The highest BCUT2D eigenvalue weighted by molar-refractivity contribution is 5.96. The van der Waals surface area contributed by atoms with Gasteiger partial charge in [-0.3, -0.25) is 4.79 Å². The number of ether oxygens (including phenoxy) is 1. The third kappa shape index (κ3) is 3.33. The zero-order chi connectivity index (χ0) is 13.0. The monoisotopic (exact) mass is 247 g/mol. The van der Waals surface area contributed by atoms with Crippen molar-refractivity contribution in [3.05, 3.63) is 29.3 Å². The van der Waals surface area contributed by atoms with Crippen LogP contribution >= 0.6 is 0 Å². The van der Waals surface area contributed by atoms with E-state index in [1.807, 2.05) is 18.2 Å². The van der Waals surface area contributed by atoms with Gasteiger partial charge in [0.25, 0.3) is 0 Å². The van der Waals surface area contributed by atoms with Crippen LogP contribution in [0, 0.1) is 0 Å². The van der Waals surface area contributed by atoms with Gasteiger partial charge in [0.1, 0.15) is 5.75 Å². The largest absolute Gasteiger partial charge is 0.493 e. The highest BCUT2D eigenvalue weighted by atomic mass is 16.5. The van der Waals surface area contributed by atoms with E-state index in [1.165, 1.54) is 5.56 Å². The number of carbonyl (C=O) groups is 1. The molecule has 0 saturated heterocycles. The summed E-state index contributed by atoms with van der Waals surface area (Å²) in [4.78, 5) is 12.0. The summed E-state index contributed by atoms with van der Waals surface area (Å²) >= 11 is 0. The van der Waals surface area contributed by atoms with Gasteiger partial charge in [0.05, 0.1) is 6.61 Å². The van der Waals surface area contributed by atoms with Crippen LogP contribution < -0.4 is 10.1 Å². The molecule has 0 saturated carbocycles. The highest BCUT2D eigenvalue weighted by Crippen LogP contribution is 2.26. The van der Waals surface area contributed by atoms with Crippen molar-refractivity contribution < 1.29 is 9.53 Å². The Hall–Kier alpha value is -1.35. The molecule has 2 rings (SSSR count). The van der Waals surface area contributed by atoms with Gasteiger partial charge in [0, 0.05) is 24.4 Å². The van der Waals surface area contributed by atoms with Crippen molar-refractivity contribution in [3.8, 4) is 5.75 Å². The van der Waals surface area contributed by atoms with Gasteiger partial charge in [-0.05, 0) is 36.7 Å². The summed E-state index contributed by atoms with van der Waals surface area (Å²) in [6, 6.07) is 6.27. The molecule has 0 spiro atoms. The molecule has 1 N–H and O–H groups in total. The fraction of sp³-hybridized carbons (Fsp3) is 0.533. The van der Waals surface area contributed by atoms with Crippen LogP contribution in [0.3, 0.4) is 0 Å². The second-order valence-electron chi connectivity index (χ2n) is 5.06. The van der Waals surface area contributed by atoms with Crippen molar-refractivity contribution in [2.24, 2.45) is 0 Å². The van der Waals surface area contributed by atoms with Crippen LogP contribution in [0.2, 0.25) is 0 Å². The lowest BCUT2D eigenvalue weighted by Crippen LogP contribution is -2.24. The maximum Gasteiger partial charge on any atom is 0.162 e. The van der Waals surface area contributed by atoms with Crippen LogP contribution in [0.5, 0.6) is 5.75 Å². The third-order valence-electron chi connectivity index (χ3n) is 3.14. The Morgan fingerprint density at radius 1 is 1.44 bits per heavy atom.